The number of nitrogens with one attached hydrogen (secondary N) is 3. The zero-order valence-corrected chi connectivity index (χ0v) is 17.0. The number of carbonyl (C=O) groups is 2. The van der Waals surface area contributed by atoms with Gasteiger partial charge in [-0.15, -0.1) is 0 Å². The van der Waals surface area contributed by atoms with Crippen LogP contribution in [0.2, 0.25) is 0 Å². The third kappa shape index (κ3) is 4.11. The van der Waals surface area contributed by atoms with Crippen LogP contribution in [0.4, 0.5) is 4.79 Å². The van der Waals surface area contributed by atoms with Crippen LogP contribution in [-0.4, -0.2) is 40.8 Å². The number of aromatic amines is 1. The van der Waals surface area contributed by atoms with Gasteiger partial charge >= 0.3 is 6.03 Å². The van der Waals surface area contributed by atoms with Crippen molar-refractivity contribution in [1.82, 2.24) is 20.6 Å². The average molecular weight is 403 g/mol. The average Bonchev–Trinajstić information content (AvgIpc) is 3.40. The van der Waals surface area contributed by atoms with E-state index in [2.05, 4.69) is 20.6 Å². The Morgan fingerprint density at radius 1 is 1.36 bits per heavy atom. The maximum absolute atomic E-state index is 12.2. The van der Waals surface area contributed by atoms with E-state index in [0.29, 0.717) is 11.1 Å². The molecule has 2 fully saturated rings. The number of hydrogen-bond acceptors (Lipinski definition) is 5. The Bertz CT molecular complexity index is 883. The number of hydrogen-bond donors (Lipinski definition) is 3. The maximum atomic E-state index is 12.2. The summed E-state index contributed by atoms with van der Waals surface area (Å²) in [7, 11) is 1.61. The second-order valence-electron chi connectivity index (χ2n) is 7.86. The fourth-order valence-electron chi connectivity index (χ4n) is 4.71. The van der Waals surface area contributed by atoms with Crippen LogP contribution in [0.15, 0.2) is 23.4 Å². The molecule has 4 rings (SSSR count). The number of urea groups is 1. The van der Waals surface area contributed by atoms with E-state index in [9.17, 15) is 9.59 Å². The highest BCUT2D eigenvalue weighted by Gasteiger charge is 2.42. The molecule has 1 heterocycles. The molecule has 2 aromatic rings. The van der Waals surface area contributed by atoms with Gasteiger partial charge in [-0.3, -0.25) is 10.1 Å². The number of methoxy groups -OCH3 is 1. The summed E-state index contributed by atoms with van der Waals surface area (Å²) in [6, 6.07) is 5.25. The molecule has 2 bridgehead atoms. The minimum absolute atomic E-state index is 0.0982. The van der Waals surface area contributed by atoms with Gasteiger partial charge < -0.3 is 15.0 Å². The summed E-state index contributed by atoms with van der Waals surface area (Å²) < 4.78 is 5.19. The van der Waals surface area contributed by atoms with Crippen molar-refractivity contribution in [3.05, 3.63) is 18.2 Å². The lowest BCUT2D eigenvalue weighted by Crippen LogP contribution is -2.47. The van der Waals surface area contributed by atoms with Crippen LogP contribution in [0.25, 0.3) is 11.0 Å². The molecule has 3 amide bonds. The topological polar surface area (TPSA) is 96.1 Å². The van der Waals surface area contributed by atoms with Gasteiger partial charge in [-0.2, -0.15) is 0 Å². The zero-order valence-electron chi connectivity index (χ0n) is 16.2. The van der Waals surface area contributed by atoms with Gasteiger partial charge in [-0.05, 0) is 56.1 Å². The molecular formula is C20H26N4O3S. The Kier molecular flexibility index (Phi) is 5.48. The number of aromatic nitrogens is 2. The largest absolute Gasteiger partial charge is 0.497 e. The number of nitrogens with zero attached hydrogens (tertiary/aromatic N) is 1. The molecule has 7 nitrogen and oxygen atoms in total. The number of imide groups is 1. The van der Waals surface area contributed by atoms with Gasteiger partial charge in [0, 0.05) is 12.1 Å². The summed E-state index contributed by atoms with van der Waals surface area (Å²) in [4.78, 5) is 31.9. The van der Waals surface area contributed by atoms with Gasteiger partial charge in [-0.25, -0.2) is 9.78 Å². The number of rotatable bonds is 6. The van der Waals surface area contributed by atoms with Crippen LogP contribution in [0.1, 0.15) is 32.6 Å². The predicted molar refractivity (Wildman–Crippen MR) is 108 cm³/mol. The quantitative estimate of drug-likeness (QED) is 0.644. The first-order valence-corrected chi connectivity index (χ1v) is 10.8. The molecule has 28 heavy (non-hydrogen) atoms. The third-order valence-electron chi connectivity index (χ3n) is 6.05. The Hall–Kier alpha value is -2.22. The number of thioether (sulfide) groups is 1. The second-order valence-corrected chi connectivity index (χ2v) is 8.83. The van der Waals surface area contributed by atoms with Gasteiger partial charge in [0.15, 0.2) is 5.16 Å². The monoisotopic (exact) mass is 402 g/mol. The molecule has 0 saturated heterocycles. The van der Waals surface area contributed by atoms with E-state index in [1.165, 1.54) is 37.4 Å². The second kappa shape index (κ2) is 8.03. The summed E-state index contributed by atoms with van der Waals surface area (Å²) in [6.45, 7) is 2.05. The number of imidazole rings is 1. The molecular weight excluding hydrogens is 376 g/mol. The number of H-pyrrole nitrogens is 1. The smallest absolute Gasteiger partial charge is 0.321 e. The molecule has 1 aromatic heterocycles. The summed E-state index contributed by atoms with van der Waals surface area (Å²) >= 11 is 1.26. The highest BCUT2D eigenvalue weighted by atomic mass is 32.2. The standard InChI is InChI=1S/C20H26N4O3S/c1-11(15-8-12-3-4-13(15)7-12)21-19(26)24-18(25)10-28-20-22-16-6-5-14(27-2)9-17(16)23-20/h5-6,9,11-13,15H,3-4,7-8,10H2,1-2H3,(H,22,23)(H2,21,24,25,26). The lowest BCUT2D eigenvalue weighted by atomic mass is 9.84. The summed E-state index contributed by atoms with van der Waals surface area (Å²) in [6.07, 6.45) is 5.12. The van der Waals surface area contributed by atoms with Crippen LogP contribution in [0, 0.1) is 17.8 Å². The van der Waals surface area contributed by atoms with Gasteiger partial charge in [0.25, 0.3) is 0 Å². The highest BCUT2D eigenvalue weighted by molar-refractivity contribution is 7.99. The number of amides is 3. The van der Waals surface area contributed by atoms with E-state index in [4.69, 9.17) is 4.74 Å². The maximum Gasteiger partial charge on any atom is 0.321 e. The summed E-state index contributed by atoms with van der Waals surface area (Å²) in [5, 5.41) is 6.02. The lowest BCUT2D eigenvalue weighted by Gasteiger charge is -2.28. The van der Waals surface area contributed by atoms with Crippen molar-refractivity contribution < 1.29 is 14.3 Å². The van der Waals surface area contributed by atoms with Gasteiger partial charge in [0.2, 0.25) is 5.91 Å². The number of fused-ring (bicyclic) bond motifs is 3. The van der Waals surface area contributed by atoms with E-state index in [0.717, 1.165) is 28.6 Å². The highest BCUT2D eigenvalue weighted by Crippen LogP contribution is 2.49. The Labute approximate surface area is 168 Å². The minimum atomic E-state index is -0.407. The first-order valence-electron chi connectivity index (χ1n) is 9.78. The molecule has 8 heteroatoms. The molecule has 1 aromatic carbocycles. The van der Waals surface area contributed by atoms with E-state index in [1.807, 2.05) is 25.1 Å². The number of carbonyl (C=O) groups excluding carboxylic acids is 2. The van der Waals surface area contributed by atoms with Crippen LogP contribution >= 0.6 is 11.8 Å². The molecule has 150 valence electrons. The molecule has 4 unspecified atom stereocenters. The van der Waals surface area contributed by atoms with Crippen molar-refractivity contribution in [2.75, 3.05) is 12.9 Å². The van der Waals surface area contributed by atoms with Crippen molar-refractivity contribution in [1.29, 1.82) is 0 Å². The Morgan fingerprint density at radius 3 is 2.93 bits per heavy atom. The first kappa shape index (κ1) is 19.1. The van der Waals surface area contributed by atoms with E-state index in [1.54, 1.807) is 7.11 Å². The molecule has 2 aliphatic rings. The van der Waals surface area contributed by atoms with Gasteiger partial charge in [0.1, 0.15) is 5.75 Å². The minimum Gasteiger partial charge on any atom is -0.497 e. The Morgan fingerprint density at radius 2 is 2.21 bits per heavy atom. The molecule has 0 aliphatic heterocycles. The van der Waals surface area contributed by atoms with Crippen molar-refractivity contribution in [2.24, 2.45) is 17.8 Å². The van der Waals surface area contributed by atoms with Crippen molar-refractivity contribution in [2.45, 2.75) is 43.8 Å². The van der Waals surface area contributed by atoms with E-state index in [-0.39, 0.29) is 17.7 Å². The summed E-state index contributed by atoms with van der Waals surface area (Å²) in [5.41, 5.74) is 1.65. The Balaban J connectivity index is 1.24. The molecule has 2 saturated carbocycles. The third-order valence-corrected chi connectivity index (χ3v) is 6.93. The molecule has 4 atom stereocenters. The normalized spacial score (nSPS) is 24.3. The summed E-state index contributed by atoms with van der Waals surface area (Å²) in [5.74, 6) is 2.64. The fourth-order valence-corrected chi connectivity index (χ4v) is 5.40. The zero-order chi connectivity index (χ0) is 19.7. The van der Waals surface area contributed by atoms with E-state index < -0.39 is 6.03 Å². The first-order chi connectivity index (χ1) is 13.5. The van der Waals surface area contributed by atoms with Crippen molar-refractivity contribution in [3.63, 3.8) is 0 Å². The fraction of sp³-hybridized carbons (Fsp3) is 0.550. The molecule has 3 N–H and O–H groups in total. The van der Waals surface area contributed by atoms with Crippen molar-refractivity contribution in [3.8, 4) is 5.75 Å². The van der Waals surface area contributed by atoms with Gasteiger partial charge in [-0.1, -0.05) is 18.2 Å². The number of benzene rings is 1. The van der Waals surface area contributed by atoms with Crippen LogP contribution < -0.4 is 15.4 Å². The number of ether oxygens (including phenoxy) is 1. The SMILES string of the molecule is COc1ccc2nc(SCC(=O)NC(=O)NC(C)C3CC4CCC3C4)[nH]c2c1. The lowest BCUT2D eigenvalue weighted by molar-refractivity contribution is -0.117. The van der Waals surface area contributed by atoms with Gasteiger partial charge in [0.05, 0.1) is 23.9 Å². The van der Waals surface area contributed by atoms with Crippen molar-refractivity contribution >= 4 is 34.7 Å². The van der Waals surface area contributed by atoms with Crippen LogP contribution in [0.5, 0.6) is 5.75 Å². The van der Waals surface area contributed by atoms with Crippen LogP contribution in [0.3, 0.4) is 0 Å². The molecule has 0 spiro atoms. The molecule has 2 aliphatic carbocycles. The predicted octanol–water partition coefficient (Wildman–Crippen LogP) is 3.31. The van der Waals surface area contributed by atoms with E-state index >= 15 is 0 Å². The van der Waals surface area contributed by atoms with Crippen LogP contribution in [-0.2, 0) is 4.79 Å². The molecule has 0 radical (unpaired) electrons.